The largest absolute Gasteiger partial charge is 2.00 e. The van der Waals surface area contributed by atoms with Gasteiger partial charge in [-0.05, 0) is 103 Å². The van der Waals surface area contributed by atoms with Gasteiger partial charge in [0.15, 0.2) is 10.5 Å². The number of rotatable bonds is 12. The first kappa shape index (κ1) is 44.1. The molecule has 17 heteroatoms. The van der Waals surface area contributed by atoms with Crippen molar-refractivity contribution in [1.82, 2.24) is 0 Å². The first-order valence-corrected chi connectivity index (χ1v) is 20.4. The van der Waals surface area contributed by atoms with Crippen molar-refractivity contribution >= 4 is 81.9 Å². The van der Waals surface area contributed by atoms with Gasteiger partial charge in [-0.15, -0.1) is 0 Å². The summed E-state index contributed by atoms with van der Waals surface area (Å²) in [4.78, 5) is 48.0. The van der Waals surface area contributed by atoms with Gasteiger partial charge in [0.2, 0.25) is 0 Å². The first-order valence-electron chi connectivity index (χ1n) is 17.4. The van der Waals surface area contributed by atoms with Crippen LogP contribution in [-0.4, -0.2) is 122 Å². The van der Waals surface area contributed by atoms with E-state index in [1.807, 2.05) is 0 Å². The van der Waals surface area contributed by atoms with Crippen molar-refractivity contribution in [3.05, 3.63) is 0 Å². The van der Waals surface area contributed by atoms with Crippen LogP contribution in [0.5, 0.6) is 0 Å². The van der Waals surface area contributed by atoms with Gasteiger partial charge < -0.3 is 28.1 Å². The molecule has 4 saturated carbocycles. The fourth-order valence-electron chi connectivity index (χ4n) is 6.59. The number of hydrogen-bond donors (Lipinski definition) is 0. The normalized spacial score (nSPS) is 21.4. The van der Waals surface area contributed by atoms with Gasteiger partial charge in [0.05, 0.1) is 12.8 Å². The third kappa shape index (κ3) is 16.9. The zero-order chi connectivity index (χ0) is 35.2. The summed E-state index contributed by atoms with van der Waals surface area (Å²) in [6.45, 7) is 0. The maximum absolute atomic E-state index is 12.1. The Morgan fingerprint density at radius 1 is 0.449 bits per heavy atom. The SMILES string of the molecule is O=C(CC(C(=O)OC1CCCCC1)S(=O)(=O)[O-])OC1CCCCC1.O=C(CC(C(=O)OC1CCCCC1)S(=O)(=O)[O-])OC1CCCCC1.[Ca+2]. The van der Waals surface area contributed by atoms with E-state index in [4.69, 9.17) is 18.9 Å². The Hall–Kier alpha value is -1.04. The average molecular weight is 763 g/mol. The molecule has 0 aromatic heterocycles. The van der Waals surface area contributed by atoms with Crippen LogP contribution in [0.4, 0.5) is 0 Å². The van der Waals surface area contributed by atoms with Gasteiger partial charge in [-0.2, -0.15) is 0 Å². The minimum Gasteiger partial charge on any atom is -0.747 e. The van der Waals surface area contributed by atoms with Gasteiger partial charge in [0, 0.05) is 0 Å². The summed E-state index contributed by atoms with van der Waals surface area (Å²) in [5.41, 5.74) is 0. The predicted molar refractivity (Wildman–Crippen MR) is 174 cm³/mol. The van der Waals surface area contributed by atoms with Crippen LogP contribution >= 0.6 is 0 Å². The van der Waals surface area contributed by atoms with E-state index in [9.17, 15) is 45.1 Å². The van der Waals surface area contributed by atoms with E-state index in [2.05, 4.69) is 0 Å². The molecule has 14 nitrogen and oxygen atoms in total. The molecule has 0 heterocycles. The van der Waals surface area contributed by atoms with Crippen LogP contribution in [0.25, 0.3) is 0 Å². The van der Waals surface area contributed by atoms with E-state index in [0.717, 1.165) is 103 Å². The quantitative estimate of drug-likeness (QED) is 0.120. The molecule has 0 N–H and O–H groups in total. The molecule has 0 aromatic rings. The Labute approximate surface area is 320 Å². The van der Waals surface area contributed by atoms with Gasteiger partial charge in [-0.1, -0.05) is 25.7 Å². The fourth-order valence-corrected chi connectivity index (χ4v) is 7.85. The molecule has 0 spiro atoms. The number of carbonyl (C=O) groups excluding carboxylic acids is 4. The van der Waals surface area contributed by atoms with Gasteiger partial charge in [0.1, 0.15) is 44.7 Å². The molecular formula is C32H50CaO14S2. The second kappa shape index (κ2) is 22.1. The maximum atomic E-state index is 12.1. The van der Waals surface area contributed by atoms with Crippen molar-refractivity contribution in [2.45, 2.75) is 176 Å². The molecule has 0 radical (unpaired) electrons. The maximum Gasteiger partial charge on any atom is 2.00 e. The molecule has 4 fully saturated rings. The molecular weight excluding hydrogens is 713 g/mol. The Morgan fingerprint density at radius 2 is 0.673 bits per heavy atom. The van der Waals surface area contributed by atoms with Gasteiger partial charge >= 0.3 is 61.6 Å². The molecule has 4 aliphatic rings. The number of hydrogen-bond acceptors (Lipinski definition) is 14. The minimum absolute atomic E-state index is 0. The molecule has 0 saturated heterocycles. The average Bonchev–Trinajstić information content (AvgIpc) is 3.03. The fraction of sp³-hybridized carbons (Fsp3) is 0.875. The Balaban J connectivity index is 0.000000333. The molecule has 4 rings (SSSR count). The Morgan fingerprint density at radius 3 is 0.898 bits per heavy atom. The van der Waals surface area contributed by atoms with E-state index in [-0.39, 0.29) is 62.2 Å². The van der Waals surface area contributed by atoms with Crippen molar-refractivity contribution in [3.63, 3.8) is 0 Å². The van der Waals surface area contributed by atoms with Crippen LogP contribution in [-0.2, 0) is 58.4 Å². The molecule has 0 bridgehead atoms. The van der Waals surface area contributed by atoms with Gasteiger partial charge in [-0.3, -0.25) is 19.2 Å². The zero-order valence-corrected chi connectivity index (χ0v) is 32.1. The van der Waals surface area contributed by atoms with Gasteiger partial charge in [0.25, 0.3) is 0 Å². The number of esters is 4. The van der Waals surface area contributed by atoms with Crippen LogP contribution in [0.1, 0.15) is 141 Å². The number of ether oxygens (including phenoxy) is 4. The third-order valence-corrected chi connectivity index (χ3v) is 11.4. The van der Waals surface area contributed by atoms with Crippen molar-refractivity contribution in [3.8, 4) is 0 Å². The van der Waals surface area contributed by atoms with Crippen molar-refractivity contribution in [2.24, 2.45) is 0 Å². The summed E-state index contributed by atoms with van der Waals surface area (Å²) in [6.07, 6.45) is 14.4. The van der Waals surface area contributed by atoms with E-state index in [1.54, 1.807) is 0 Å². The smallest absolute Gasteiger partial charge is 0.747 e. The Bertz CT molecular complexity index is 1170. The molecule has 0 aromatic carbocycles. The summed E-state index contributed by atoms with van der Waals surface area (Å²) >= 11 is 0. The zero-order valence-electron chi connectivity index (χ0n) is 28.3. The van der Waals surface area contributed by atoms with E-state index in [1.165, 1.54) is 0 Å². The first-order chi connectivity index (χ1) is 22.7. The monoisotopic (exact) mass is 762 g/mol. The molecule has 0 aliphatic heterocycles. The summed E-state index contributed by atoms with van der Waals surface area (Å²) in [7, 11) is -9.95. The molecule has 2 unspecified atom stereocenters. The Kier molecular flexibility index (Phi) is 19.9. The molecule has 2 atom stereocenters. The standard InChI is InChI=1S/2C16H26O7S.Ca/c2*17-15(22-12-7-3-1-4-8-12)11-14(24(19,20)21)16(18)23-13-9-5-2-6-10-13;/h2*12-14H,1-11H2,(H,19,20,21);/q;;+2/p-2. The summed E-state index contributed by atoms with van der Waals surface area (Å²) in [6, 6.07) is 0. The number of carbonyl (C=O) groups is 4. The van der Waals surface area contributed by atoms with Crippen molar-refractivity contribution < 1.29 is 64.1 Å². The molecule has 4 aliphatic carbocycles. The summed E-state index contributed by atoms with van der Waals surface area (Å²) < 4.78 is 89.0. The molecule has 49 heavy (non-hydrogen) atoms. The second-order valence-electron chi connectivity index (χ2n) is 13.3. The van der Waals surface area contributed by atoms with Crippen LogP contribution in [0.3, 0.4) is 0 Å². The predicted octanol–water partition coefficient (Wildman–Crippen LogP) is 3.70. The van der Waals surface area contributed by atoms with E-state index in [0.29, 0.717) is 25.7 Å². The van der Waals surface area contributed by atoms with Crippen LogP contribution in [0, 0.1) is 0 Å². The van der Waals surface area contributed by atoms with Crippen LogP contribution in [0.15, 0.2) is 0 Å². The third-order valence-electron chi connectivity index (χ3n) is 9.30. The van der Waals surface area contributed by atoms with E-state index < -0.39 is 67.5 Å². The van der Waals surface area contributed by atoms with E-state index >= 15 is 0 Å². The molecule has 276 valence electrons. The molecule has 0 amide bonds. The van der Waals surface area contributed by atoms with Crippen LogP contribution in [0.2, 0.25) is 0 Å². The van der Waals surface area contributed by atoms with Crippen molar-refractivity contribution in [2.75, 3.05) is 0 Å². The second-order valence-corrected chi connectivity index (χ2v) is 16.4. The minimum atomic E-state index is -4.98. The topological polar surface area (TPSA) is 220 Å². The summed E-state index contributed by atoms with van der Waals surface area (Å²) in [5.74, 6) is -3.91. The summed E-state index contributed by atoms with van der Waals surface area (Å²) in [5, 5.41) is -4.04. The van der Waals surface area contributed by atoms with Crippen LogP contribution < -0.4 is 0 Å². The van der Waals surface area contributed by atoms with Crippen molar-refractivity contribution in [1.29, 1.82) is 0 Å². The van der Waals surface area contributed by atoms with Gasteiger partial charge in [-0.25, -0.2) is 16.8 Å².